The Morgan fingerprint density at radius 3 is 2.00 bits per heavy atom. The average molecular weight is 652 g/mol. The highest BCUT2D eigenvalue weighted by Gasteiger charge is 2.30. The number of aromatic nitrogens is 4. The minimum absolute atomic E-state index is 0.0822. The van der Waals surface area contributed by atoms with Crippen molar-refractivity contribution in [3.63, 3.8) is 0 Å². The molecule has 0 saturated carbocycles. The van der Waals surface area contributed by atoms with Gasteiger partial charge < -0.3 is 16.0 Å². The Hall–Kier alpha value is -5.41. The number of amides is 2. The van der Waals surface area contributed by atoms with E-state index in [1.165, 1.54) is 5.56 Å². The van der Waals surface area contributed by atoms with Crippen LogP contribution < -0.4 is 16.0 Å². The van der Waals surface area contributed by atoms with Crippen molar-refractivity contribution in [2.45, 2.75) is 50.7 Å². The topological polar surface area (TPSA) is 114 Å². The number of rotatable bonds is 12. The number of carbonyl (C=O) groups excluding carboxylic acids is 2. The molecule has 1 fully saturated rings. The fourth-order valence-corrected chi connectivity index (χ4v) is 6.77. The number of fused-ring (bicyclic) bond motifs is 2. The maximum absolute atomic E-state index is 14.4. The second-order valence-electron chi connectivity index (χ2n) is 12.9. The zero-order valence-corrected chi connectivity index (χ0v) is 27.5. The molecule has 2 heterocycles. The fraction of sp³-hybridized carbons (Fsp3) is 0.275. The lowest BCUT2D eigenvalue weighted by molar-refractivity contribution is -0.132. The van der Waals surface area contributed by atoms with Crippen molar-refractivity contribution >= 4 is 33.4 Å². The SMILES string of the molecule is O=C(N[C@H](Cc1ccc2ccccc2c1)C(=O)N[C@H](Cc1ccc2ccccc2c1)c1nnnn1CCc1ccccc1)C1CCNCC1. The Balaban J connectivity index is 1.18. The van der Waals surface area contributed by atoms with Crippen molar-refractivity contribution < 1.29 is 9.59 Å². The van der Waals surface area contributed by atoms with Gasteiger partial charge in [-0.1, -0.05) is 115 Å². The van der Waals surface area contributed by atoms with Crippen molar-refractivity contribution in [2.75, 3.05) is 13.1 Å². The van der Waals surface area contributed by atoms with Gasteiger partial charge in [-0.05, 0) is 81.0 Å². The second-order valence-corrected chi connectivity index (χ2v) is 12.9. The zero-order chi connectivity index (χ0) is 33.4. The van der Waals surface area contributed by atoms with Crippen molar-refractivity contribution in [3.8, 4) is 0 Å². The van der Waals surface area contributed by atoms with Crippen LogP contribution >= 0.6 is 0 Å². The standard InChI is InChI=1S/C40H41N7O2/c48-39(33-18-21-41-22-19-33)43-37(27-30-15-17-32-11-5-7-13-35(32)25-30)40(49)42-36(26-29-14-16-31-10-4-6-12-34(31)24-29)38-44-45-46-47(38)23-20-28-8-2-1-3-9-28/h1-17,24-25,33,36-37,41H,18-23,26-27H2,(H,42,49)(H,43,48)/t36-,37-/m1/s1. The summed E-state index contributed by atoms with van der Waals surface area (Å²) in [6.45, 7) is 2.14. The van der Waals surface area contributed by atoms with E-state index in [2.05, 4.69) is 98.2 Å². The van der Waals surface area contributed by atoms with Crippen LogP contribution in [0.2, 0.25) is 0 Å². The summed E-state index contributed by atoms with van der Waals surface area (Å²) in [5.74, 6) is 0.0958. The van der Waals surface area contributed by atoms with Crippen molar-refractivity contribution in [1.82, 2.24) is 36.2 Å². The van der Waals surface area contributed by atoms with Gasteiger partial charge in [0.1, 0.15) is 6.04 Å². The number of hydrogen-bond acceptors (Lipinski definition) is 6. The lowest BCUT2D eigenvalue weighted by atomic mass is 9.95. The van der Waals surface area contributed by atoms with E-state index in [1.54, 1.807) is 4.68 Å². The van der Waals surface area contributed by atoms with Crippen LogP contribution in [0.5, 0.6) is 0 Å². The Kier molecular flexibility index (Phi) is 9.98. The number of benzene rings is 5. The van der Waals surface area contributed by atoms with Crippen LogP contribution in [0.25, 0.3) is 21.5 Å². The van der Waals surface area contributed by atoms with Crippen molar-refractivity contribution in [3.05, 3.63) is 138 Å². The van der Waals surface area contributed by atoms with E-state index in [0.717, 1.165) is 65.0 Å². The molecule has 0 radical (unpaired) electrons. The zero-order valence-electron chi connectivity index (χ0n) is 27.5. The average Bonchev–Trinajstić information content (AvgIpc) is 3.63. The minimum Gasteiger partial charge on any atom is -0.344 e. The van der Waals surface area contributed by atoms with Crippen LogP contribution in [-0.4, -0.2) is 51.2 Å². The molecule has 0 spiro atoms. The third-order valence-electron chi connectivity index (χ3n) is 9.49. The highest BCUT2D eigenvalue weighted by atomic mass is 16.2. The number of carbonyl (C=O) groups is 2. The first kappa shape index (κ1) is 32.2. The molecule has 7 rings (SSSR count). The largest absolute Gasteiger partial charge is 0.344 e. The van der Waals surface area contributed by atoms with Crippen molar-refractivity contribution in [2.24, 2.45) is 5.92 Å². The van der Waals surface area contributed by atoms with Gasteiger partial charge in [-0.2, -0.15) is 0 Å². The Morgan fingerprint density at radius 2 is 1.33 bits per heavy atom. The summed E-state index contributed by atoms with van der Waals surface area (Å²) in [5.41, 5.74) is 3.20. The molecule has 2 amide bonds. The van der Waals surface area contributed by atoms with Crippen LogP contribution in [0.15, 0.2) is 115 Å². The maximum Gasteiger partial charge on any atom is 0.243 e. The van der Waals surface area contributed by atoms with E-state index in [9.17, 15) is 9.59 Å². The van der Waals surface area contributed by atoms with E-state index >= 15 is 0 Å². The number of hydrogen-bond donors (Lipinski definition) is 3. The van der Waals surface area contributed by atoms with Gasteiger partial charge in [-0.25, -0.2) is 4.68 Å². The normalized spacial score (nSPS) is 14.8. The van der Waals surface area contributed by atoms with Gasteiger partial charge in [0.15, 0.2) is 5.82 Å². The van der Waals surface area contributed by atoms with Crippen LogP contribution in [0.4, 0.5) is 0 Å². The number of piperidine rings is 1. The first-order chi connectivity index (χ1) is 24.1. The molecular weight excluding hydrogens is 610 g/mol. The molecule has 9 nitrogen and oxygen atoms in total. The molecule has 9 heteroatoms. The molecule has 0 aliphatic carbocycles. The summed E-state index contributed by atoms with van der Waals surface area (Å²) in [7, 11) is 0. The number of tetrazole rings is 1. The van der Waals surface area contributed by atoms with Crippen LogP contribution in [0.1, 0.15) is 41.4 Å². The smallest absolute Gasteiger partial charge is 0.243 e. The summed E-state index contributed by atoms with van der Waals surface area (Å²) in [5, 5.41) is 27.1. The Labute approximate surface area is 286 Å². The van der Waals surface area contributed by atoms with Gasteiger partial charge in [-0.3, -0.25) is 9.59 Å². The molecule has 6 aromatic rings. The molecule has 1 saturated heterocycles. The fourth-order valence-electron chi connectivity index (χ4n) is 6.77. The Morgan fingerprint density at radius 1 is 0.714 bits per heavy atom. The lowest BCUT2D eigenvalue weighted by Crippen LogP contribution is -2.51. The third-order valence-corrected chi connectivity index (χ3v) is 9.49. The number of aryl methyl sites for hydroxylation is 2. The molecule has 0 unspecified atom stereocenters. The summed E-state index contributed by atoms with van der Waals surface area (Å²) in [6, 6.07) is 37.8. The van der Waals surface area contributed by atoms with Gasteiger partial charge in [0.2, 0.25) is 11.8 Å². The van der Waals surface area contributed by atoms with E-state index in [4.69, 9.17) is 0 Å². The predicted molar refractivity (Wildman–Crippen MR) is 192 cm³/mol. The molecule has 248 valence electrons. The van der Waals surface area contributed by atoms with Crippen LogP contribution in [0, 0.1) is 5.92 Å². The predicted octanol–water partition coefficient (Wildman–Crippen LogP) is 5.35. The van der Waals surface area contributed by atoms with Crippen LogP contribution in [-0.2, 0) is 35.4 Å². The van der Waals surface area contributed by atoms with E-state index in [-0.39, 0.29) is 17.7 Å². The molecule has 1 aliphatic heterocycles. The second kappa shape index (κ2) is 15.2. The molecule has 2 atom stereocenters. The Bertz CT molecular complexity index is 2040. The highest BCUT2D eigenvalue weighted by Crippen LogP contribution is 2.23. The van der Waals surface area contributed by atoms with Gasteiger partial charge in [-0.15, -0.1) is 5.10 Å². The summed E-state index contributed by atoms with van der Waals surface area (Å²) in [4.78, 5) is 28.0. The minimum atomic E-state index is -0.781. The van der Waals surface area contributed by atoms with E-state index in [1.807, 2.05) is 48.5 Å². The molecule has 3 N–H and O–H groups in total. The van der Waals surface area contributed by atoms with Gasteiger partial charge in [0.25, 0.3) is 0 Å². The molecule has 49 heavy (non-hydrogen) atoms. The maximum atomic E-state index is 14.4. The quantitative estimate of drug-likeness (QED) is 0.165. The molecule has 1 aromatic heterocycles. The van der Waals surface area contributed by atoms with Crippen LogP contribution in [0.3, 0.4) is 0 Å². The van der Waals surface area contributed by atoms with Crippen molar-refractivity contribution in [1.29, 1.82) is 0 Å². The highest BCUT2D eigenvalue weighted by molar-refractivity contribution is 5.89. The summed E-state index contributed by atoms with van der Waals surface area (Å²) < 4.78 is 1.78. The summed E-state index contributed by atoms with van der Waals surface area (Å²) >= 11 is 0. The van der Waals surface area contributed by atoms with E-state index < -0.39 is 12.1 Å². The monoisotopic (exact) mass is 651 g/mol. The van der Waals surface area contributed by atoms with E-state index in [0.29, 0.717) is 25.2 Å². The molecular formula is C40H41N7O2. The molecule has 0 bridgehead atoms. The first-order valence-electron chi connectivity index (χ1n) is 17.2. The van der Waals surface area contributed by atoms with Gasteiger partial charge in [0, 0.05) is 25.3 Å². The first-order valence-corrected chi connectivity index (χ1v) is 17.2. The van der Waals surface area contributed by atoms with Gasteiger partial charge in [0.05, 0.1) is 6.04 Å². The third kappa shape index (κ3) is 8.01. The number of nitrogens with one attached hydrogen (secondary N) is 3. The lowest BCUT2D eigenvalue weighted by Gasteiger charge is -2.27. The number of nitrogens with zero attached hydrogens (tertiary/aromatic N) is 4. The summed E-state index contributed by atoms with van der Waals surface area (Å²) in [6.07, 6.45) is 3.07. The molecule has 5 aromatic carbocycles. The molecule has 1 aliphatic rings. The van der Waals surface area contributed by atoms with Gasteiger partial charge >= 0.3 is 0 Å².